The summed E-state index contributed by atoms with van der Waals surface area (Å²) in [4.78, 5) is 15.8. The number of nitrogens with one attached hydrogen (secondary N) is 1. The van der Waals surface area contributed by atoms with Crippen LogP contribution < -0.4 is 11.1 Å². The first kappa shape index (κ1) is 21.2. The Morgan fingerprint density at radius 1 is 1.35 bits per heavy atom. The third-order valence-electron chi connectivity index (χ3n) is 2.63. The van der Waals surface area contributed by atoms with Gasteiger partial charge >= 0.3 is 0 Å². The second kappa shape index (κ2) is 9.33. The Labute approximate surface area is 143 Å². The Bertz CT molecular complexity index is 611. The van der Waals surface area contributed by atoms with Gasteiger partial charge in [-0.3, -0.25) is 9.78 Å². The van der Waals surface area contributed by atoms with Crippen LogP contribution in [0.5, 0.6) is 0 Å². The number of halogens is 4. The van der Waals surface area contributed by atoms with Crippen molar-refractivity contribution in [2.75, 3.05) is 13.1 Å². The summed E-state index contributed by atoms with van der Waals surface area (Å²) in [7, 11) is 0. The third kappa shape index (κ3) is 6.43. The van der Waals surface area contributed by atoms with E-state index in [0.717, 1.165) is 5.69 Å². The first-order valence-electron chi connectivity index (χ1n) is 6.16. The summed E-state index contributed by atoms with van der Waals surface area (Å²) in [6, 6.07) is 5.40. The number of hydrogen-bond donors (Lipinski definition) is 2. The number of nitrogens with zero attached hydrogens (tertiary/aromatic N) is 4. The maximum absolute atomic E-state index is 12.9. The summed E-state index contributed by atoms with van der Waals surface area (Å²) in [6.45, 7) is -1.34. The first-order chi connectivity index (χ1) is 10.00. The molecule has 2 aromatic rings. The second-order valence-corrected chi connectivity index (χ2v) is 4.37. The van der Waals surface area contributed by atoms with Gasteiger partial charge in [-0.15, -0.1) is 29.9 Å². The van der Waals surface area contributed by atoms with E-state index in [1.54, 1.807) is 18.3 Å². The predicted octanol–water partition coefficient (Wildman–Crippen LogP) is 0.889. The summed E-state index contributed by atoms with van der Waals surface area (Å²) < 4.78 is 27.3. The summed E-state index contributed by atoms with van der Waals surface area (Å²) >= 11 is 0. The van der Waals surface area contributed by atoms with E-state index in [9.17, 15) is 13.6 Å². The topological polar surface area (TPSA) is 98.7 Å². The van der Waals surface area contributed by atoms with Crippen molar-refractivity contribution in [3.8, 4) is 0 Å². The van der Waals surface area contributed by atoms with E-state index in [1.807, 2.05) is 6.07 Å². The lowest BCUT2D eigenvalue weighted by Gasteiger charge is -2.13. The third-order valence-corrected chi connectivity index (χ3v) is 2.63. The highest BCUT2D eigenvalue weighted by molar-refractivity contribution is 5.91. The van der Waals surface area contributed by atoms with Crippen molar-refractivity contribution in [1.29, 1.82) is 0 Å². The normalized spacial score (nSPS) is 10.4. The van der Waals surface area contributed by atoms with Crippen LogP contribution in [0.3, 0.4) is 0 Å². The molecule has 0 fully saturated rings. The van der Waals surface area contributed by atoms with E-state index in [4.69, 9.17) is 5.73 Å². The van der Waals surface area contributed by atoms with E-state index in [0.29, 0.717) is 6.54 Å². The maximum Gasteiger partial charge on any atom is 0.277 e. The molecule has 0 saturated heterocycles. The molecule has 2 rings (SSSR count). The van der Waals surface area contributed by atoms with Gasteiger partial charge in [-0.2, -0.15) is 0 Å². The molecule has 11 heteroatoms. The highest BCUT2D eigenvalue weighted by Gasteiger charge is 2.27. The Morgan fingerprint density at radius 2 is 2.09 bits per heavy atom. The predicted molar refractivity (Wildman–Crippen MR) is 84.2 cm³/mol. The lowest BCUT2D eigenvalue weighted by atomic mass is 10.3. The van der Waals surface area contributed by atoms with Crippen LogP contribution in [-0.2, 0) is 6.54 Å². The molecule has 0 aromatic carbocycles. The number of amides is 1. The van der Waals surface area contributed by atoms with Crippen molar-refractivity contribution in [3.63, 3.8) is 0 Å². The van der Waals surface area contributed by atoms with E-state index < -0.39 is 24.9 Å². The smallest absolute Gasteiger partial charge is 0.277 e. The molecule has 3 N–H and O–H groups in total. The van der Waals surface area contributed by atoms with Crippen molar-refractivity contribution >= 4 is 30.7 Å². The number of aromatic nitrogens is 4. The van der Waals surface area contributed by atoms with Crippen molar-refractivity contribution < 1.29 is 13.6 Å². The van der Waals surface area contributed by atoms with Gasteiger partial charge in [-0.05, 0) is 12.1 Å². The number of pyridine rings is 1. The molecule has 0 aliphatic rings. The molecule has 2 aromatic heterocycles. The molecule has 2 heterocycles. The SMILES string of the molecule is Cl.Cl.NCC(F)(F)CNC(=O)c1cn(Cc2ccccn2)nn1. The number of carbonyl (C=O) groups excluding carboxylic acids is 1. The van der Waals surface area contributed by atoms with Gasteiger partial charge in [0, 0.05) is 6.20 Å². The summed E-state index contributed by atoms with van der Waals surface area (Å²) in [6.07, 6.45) is 3.00. The number of carbonyl (C=O) groups is 1. The van der Waals surface area contributed by atoms with Crippen LogP contribution in [0, 0.1) is 0 Å². The monoisotopic (exact) mass is 368 g/mol. The van der Waals surface area contributed by atoms with Gasteiger partial charge in [0.1, 0.15) is 0 Å². The molecule has 23 heavy (non-hydrogen) atoms. The number of alkyl halides is 2. The molecule has 0 spiro atoms. The Hall–Kier alpha value is -1.84. The lowest BCUT2D eigenvalue weighted by Crippen LogP contribution is -2.41. The minimum absolute atomic E-state index is 0. The van der Waals surface area contributed by atoms with E-state index in [1.165, 1.54) is 10.9 Å². The van der Waals surface area contributed by atoms with Crippen LogP contribution in [0.15, 0.2) is 30.6 Å². The minimum atomic E-state index is -3.14. The number of nitrogens with two attached hydrogens (primary N) is 1. The molecular weight excluding hydrogens is 353 g/mol. The molecule has 0 aliphatic heterocycles. The second-order valence-electron chi connectivity index (χ2n) is 4.37. The van der Waals surface area contributed by atoms with Crippen LogP contribution in [-0.4, -0.2) is 44.9 Å². The molecule has 0 bridgehead atoms. The van der Waals surface area contributed by atoms with Gasteiger partial charge in [0.05, 0.1) is 31.5 Å². The Kier molecular flexibility index (Phi) is 8.59. The fourth-order valence-corrected chi connectivity index (χ4v) is 1.51. The quantitative estimate of drug-likeness (QED) is 0.788. The van der Waals surface area contributed by atoms with Crippen molar-refractivity contribution in [2.45, 2.75) is 12.5 Å². The fraction of sp³-hybridized carbons (Fsp3) is 0.333. The molecule has 1 amide bonds. The standard InChI is InChI=1S/C12H14F2N6O.2ClH/c13-12(14,7-15)8-17-11(21)10-6-20(19-18-10)5-9-3-1-2-4-16-9;;/h1-4,6H,5,7-8,15H2,(H,17,21);2*1H. The molecule has 0 radical (unpaired) electrons. The zero-order chi connectivity index (χ0) is 15.3. The molecule has 0 saturated carbocycles. The molecule has 0 unspecified atom stereocenters. The van der Waals surface area contributed by atoms with Gasteiger partial charge in [0.15, 0.2) is 5.69 Å². The van der Waals surface area contributed by atoms with Crippen molar-refractivity contribution in [3.05, 3.63) is 42.0 Å². The average molecular weight is 369 g/mol. The largest absolute Gasteiger partial charge is 0.344 e. The Balaban J connectivity index is 0.00000242. The van der Waals surface area contributed by atoms with Gasteiger partial charge in [-0.25, -0.2) is 13.5 Å². The van der Waals surface area contributed by atoms with Crippen LogP contribution in [0.4, 0.5) is 8.78 Å². The summed E-state index contributed by atoms with van der Waals surface area (Å²) in [5, 5.41) is 9.45. The van der Waals surface area contributed by atoms with Gasteiger partial charge in [-0.1, -0.05) is 11.3 Å². The van der Waals surface area contributed by atoms with E-state index >= 15 is 0 Å². The summed E-state index contributed by atoms with van der Waals surface area (Å²) in [5.74, 6) is -3.87. The highest BCUT2D eigenvalue weighted by atomic mass is 35.5. The van der Waals surface area contributed by atoms with E-state index in [2.05, 4.69) is 20.6 Å². The zero-order valence-corrected chi connectivity index (χ0v) is 13.5. The first-order valence-corrected chi connectivity index (χ1v) is 6.16. The molecule has 7 nitrogen and oxygen atoms in total. The van der Waals surface area contributed by atoms with Crippen LogP contribution in [0.25, 0.3) is 0 Å². The summed E-state index contributed by atoms with van der Waals surface area (Å²) in [5.41, 5.74) is 5.58. The maximum atomic E-state index is 12.9. The zero-order valence-electron chi connectivity index (χ0n) is 11.9. The van der Waals surface area contributed by atoms with E-state index in [-0.39, 0.29) is 30.5 Å². The molecule has 0 aliphatic carbocycles. The van der Waals surface area contributed by atoms with Gasteiger partial charge in [0.2, 0.25) is 0 Å². The van der Waals surface area contributed by atoms with Crippen LogP contribution in [0.1, 0.15) is 16.2 Å². The number of hydrogen-bond acceptors (Lipinski definition) is 5. The molecular formula is C12H16Cl2F2N6O. The van der Waals surface area contributed by atoms with Crippen LogP contribution >= 0.6 is 24.8 Å². The number of rotatable bonds is 6. The molecule has 128 valence electrons. The van der Waals surface area contributed by atoms with Crippen molar-refractivity contribution in [2.24, 2.45) is 5.73 Å². The van der Waals surface area contributed by atoms with Crippen molar-refractivity contribution in [1.82, 2.24) is 25.3 Å². The fourth-order valence-electron chi connectivity index (χ4n) is 1.51. The molecule has 0 atom stereocenters. The van der Waals surface area contributed by atoms with Gasteiger partial charge < -0.3 is 11.1 Å². The lowest BCUT2D eigenvalue weighted by molar-refractivity contribution is 0.0118. The average Bonchev–Trinajstić information content (AvgIpc) is 2.94. The Morgan fingerprint density at radius 3 is 2.70 bits per heavy atom. The minimum Gasteiger partial charge on any atom is -0.344 e. The highest BCUT2D eigenvalue weighted by Crippen LogP contribution is 2.09. The van der Waals surface area contributed by atoms with Gasteiger partial charge in [0.25, 0.3) is 11.8 Å². The van der Waals surface area contributed by atoms with Crippen LogP contribution in [0.2, 0.25) is 0 Å².